The minimum Gasteiger partial charge on any atom is -0.506 e. The van der Waals surface area contributed by atoms with Crippen molar-refractivity contribution in [3.8, 4) is 0 Å². The number of carbonyl (C=O) groups is 1. The van der Waals surface area contributed by atoms with Gasteiger partial charge in [0.05, 0.1) is 21.9 Å². The lowest BCUT2D eigenvalue weighted by Crippen LogP contribution is -2.35. The minimum absolute atomic E-state index is 0.0772. The Kier molecular flexibility index (Phi) is 10.3. The van der Waals surface area contributed by atoms with Crippen LogP contribution in [0.4, 0.5) is 5.69 Å². The molecule has 0 atom stereocenters. The van der Waals surface area contributed by atoms with Crippen LogP contribution in [-0.2, 0) is 11.3 Å². The van der Waals surface area contributed by atoms with Crippen LogP contribution in [0.5, 0.6) is 0 Å². The second-order valence-corrected chi connectivity index (χ2v) is 14.9. The van der Waals surface area contributed by atoms with E-state index in [4.69, 9.17) is 0 Å². The second-order valence-electron chi connectivity index (χ2n) is 10.3. The molecule has 2 aliphatic rings. The number of unbranched alkanes of at least 4 members (excludes halogenated alkanes) is 6. The van der Waals surface area contributed by atoms with Gasteiger partial charge in [0, 0.05) is 37.1 Å². The van der Waals surface area contributed by atoms with E-state index in [1.165, 1.54) is 66.5 Å². The molecule has 0 fully saturated rings. The van der Waals surface area contributed by atoms with Gasteiger partial charge in [0.2, 0.25) is 11.3 Å². The van der Waals surface area contributed by atoms with Crippen molar-refractivity contribution in [3.63, 3.8) is 0 Å². The number of ketones is 1. The molecule has 40 heavy (non-hydrogen) atoms. The number of halogens is 2. The van der Waals surface area contributed by atoms with Crippen molar-refractivity contribution in [2.24, 2.45) is 0 Å². The highest BCUT2D eigenvalue weighted by Gasteiger charge is 2.36. The summed E-state index contributed by atoms with van der Waals surface area (Å²) in [6, 6.07) is 13.0. The first-order chi connectivity index (χ1) is 19.4. The number of fused-ring (bicyclic) bond motifs is 2. The molecule has 0 amide bonds. The van der Waals surface area contributed by atoms with Gasteiger partial charge < -0.3 is 10.0 Å². The Morgan fingerprint density at radius 3 is 2.40 bits per heavy atom. The van der Waals surface area contributed by atoms with E-state index < -0.39 is 0 Å². The number of thiazole rings is 1. The van der Waals surface area contributed by atoms with Crippen LogP contribution in [0.1, 0.15) is 70.2 Å². The molecule has 0 unspecified atom stereocenters. The number of aryl methyl sites for hydroxylation is 1. The number of aromatic nitrogens is 1. The Labute approximate surface area is 272 Å². The van der Waals surface area contributed by atoms with Gasteiger partial charge in [-0.3, -0.25) is 4.79 Å². The lowest BCUT2D eigenvalue weighted by Gasteiger charge is -2.23. The topological polar surface area (TPSA) is 44.4 Å². The molecule has 3 aromatic rings. The van der Waals surface area contributed by atoms with E-state index in [-0.39, 0.29) is 11.5 Å². The fraction of sp³-hybridized carbons (Fsp3) is 0.375. The van der Waals surface area contributed by atoms with Crippen molar-refractivity contribution in [2.75, 3.05) is 11.4 Å². The molecule has 4 nitrogen and oxygen atoms in total. The zero-order valence-electron chi connectivity index (χ0n) is 23.0. The van der Waals surface area contributed by atoms with Crippen LogP contribution in [0.25, 0.3) is 16.3 Å². The van der Waals surface area contributed by atoms with Crippen molar-refractivity contribution in [1.29, 1.82) is 0 Å². The molecule has 2 heterocycles. The van der Waals surface area contributed by atoms with Gasteiger partial charge in [-0.2, -0.15) is 4.57 Å². The van der Waals surface area contributed by atoms with Crippen molar-refractivity contribution in [3.05, 3.63) is 76.6 Å². The van der Waals surface area contributed by atoms with Gasteiger partial charge in [0.1, 0.15) is 10.5 Å². The minimum atomic E-state index is -0.0772. The maximum atomic E-state index is 13.4. The summed E-state index contributed by atoms with van der Waals surface area (Å²) in [5, 5.41) is 13.2. The second kappa shape index (κ2) is 13.7. The molecule has 210 valence electrons. The zero-order chi connectivity index (χ0) is 28.2. The number of Topliss-reactive ketones (excluding diaryl/α,β-unsaturated/α-hetero) is 1. The van der Waals surface area contributed by atoms with Crippen LogP contribution in [0, 0.1) is 7.14 Å². The molecule has 0 spiro atoms. The lowest BCUT2D eigenvalue weighted by molar-refractivity contribution is -0.669. The normalized spacial score (nSPS) is 17.0. The van der Waals surface area contributed by atoms with Crippen molar-refractivity contribution in [1.82, 2.24) is 0 Å². The predicted octanol–water partition coefficient (Wildman–Crippen LogP) is 9.79. The van der Waals surface area contributed by atoms with E-state index in [2.05, 4.69) is 105 Å². The summed E-state index contributed by atoms with van der Waals surface area (Å²) in [7, 11) is 0. The first kappa shape index (κ1) is 30.1. The van der Waals surface area contributed by atoms with Gasteiger partial charge >= 0.3 is 0 Å². The first-order valence-electron chi connectivity index (χ1n) is 14.2. The number of thioether (sulfide) groups is 1. The molecule has 1 N–H and O–H groups in total. The van der Waals surface area contributed by atoms with E-state index in [0.717, 1.165) is 36.0 Å². The SMILES string of the molecule is CCCCCCN1/C(=C/C2=C(O)C(=C/c3sc4cc(I)ccc4[n+]3CCCCCC)/C2=O)Sc2cc(I)ccc21. The van der Waals surface area contributed by atoms with Gasteiger partial charge in [-0.1, -0.05) is 69.1 Å². The van der Waals surface area contributed by atoms with E-state index in [1.807, 2.05) is 12.2 Å². The van der Waals surface area contributed by atoms with Gasteiger partial charge in [-0.25, -0.2) is 0 Å². The quantitative estimate of drug-likeness (QED) is 0.0859. The number of rotatable bonds is 12. The van der Waals surface area contributed by atoms with Crippen molar-refractivity contribution < 1.29 is 14.5 Å². The summed E-state index contributed by atoms with van der Waals surface area (Å²) in [5.74, 6) is 0.0331. The molecule has 1 aliphatic heterocycles. The Morgan fingerprint density at radius 2 is 1.65 bits per heavy atom. The molecule has 0 radical (unpaired) electrons. The zero-order valence-corrected chi connectivity index (χ0v) is 29.0. The summed E-state index contributed by atoms with van der Waals surface area (Å²) in [5.41, 5.74) is 3.22. The first-order valence-corrected chi connectivity index (χ1v) is 18.0. The number of anilines is 1. The lowest BCUT2D eigenvalue weighted by atomic mass is 9.88. The van der Waals surface area contributed by atoms with Gasteiger partial charge in [-0.15, -0.1) is 0 Å². The summed E-state index contributed by atoms with van der Waals surface area (Å²) >= 11 is 8.08. The molecule has 0 saturated heterocycles. The fourth-order valence-electron chi connectivity index (χ4n) is 5.19. The molecule has 8 heteroatoms. The number of benzene rings is 2. The highest BCUT2D eigenvalue weighted by Crippen LogP contribution is 2.48. The number of aliphatic hydroxyl groups is 1. The third kappa shape index (κ3) is 6.49. The molecule has 0 saturated carbocycles. The van der Waals surface area contributed by atoms with Crippen molar-refractivity contribution >= 4 is 96.0 Å². The molecule has 1 aromatic heterocycles. The Hall–Kier alpha value is -1.37. The van der Waals surface area contributed by atoms with Crippen molar-refractivity contribution in [2.45, 2.75) is 76.7 Å². The number of allylic oxidation sites excluding steroid dienone is 3. The highest BCUT2D eigenvalue weighted by molar-refractivity contribution is 14.1. The Morgan fingerprint density at radius 1 is 0.925 bits per heavy atom. The Bertz CT molecular complexity index is 1520. The largest absolute Gasteiger partial charge is 0.506 e. The van der Waals surface area contributed by atoms with Crippen LogP contribution in [0.15, 0.2) is 69.3 Å². The molecular weight excluding hydrogens is 762 g/mol. The molecule has 0 bridgehead atoms. The summed E-state index contributed by atoms with van der Waals surface area (Å²) in [4.78, 5) is 16.9. The highest BCUT2D eigenvalue weighted by atomic mass is 127. The maximum absolute atomic E-state index is 13.4. The summed E-state index contributed by atoms with van der Waals surface area (Å²) in [6.07, 6.45) is 13.3. The van der Waals surface area contributed by atoms with Crippen LogP contribution < -0.4 is 9.47 Å². The van der Waals surface area contributed by atoms with Crippen LogP contribution in [0.2, 0.25) is 0 Å². The van der Waals surface area contributed by atoms with E-state index in [9.17, 15) is 9.90 Å². The number of hydrogen-bond acceptors (Lipinski definition) is 5. The summed E-state index contributed by atoms with van der Waals surface area (Å²) < 4.78 is 5.92. The number of aliphatic hydroxyl groups excluding tert-OH is 1. The monoisotopic (exact) mass is 797 g/mol. The van der Waals surface area contributed by atoms with Gasteiger partial charge in [0.15, 0.2) is 6.54 Å². The molecule has 5 rings (SSSR count). The third-order valence-electron chi connectivity index (χ3n) is 7.39. The van der Waals surface area contributed by atoms with Crippen LogP contribution in [-0.4, -0.2) is 17.4 Å². The van der Waals surface area contributed by atoms with Crippen LogP contribution >= 0.6 is 68.3 Å². The molecule has 2 aromatic carbocycles. The number of carbonyl (C=O) groups excluding carboxylic acids is 1. The number of nitrogens with zero attached hydrogens (tertiary/aromatic N) is 2. The predicted molar refractivity (Wildman–Crippen MR) is 186 cm³/mol. The van der Waals surface area contributed by atoms with Gasteiger partial charge in [0.25, 0.3) is 5.01 Å². The molecule has 1 aliphatic carbocycles. The van der Waals surface area contributed by atoms with Crippen LogP contribution in [0.3, 0.4) is 0 Å². The fourth-order valence-corrected chi connectivity index (χ4v) is 8.93. The number of hydrogen-bond donors (Lipinski definition) is 1. The Balaban J connectivity index is 1.44. The average molecular weight is 798 g/mol. The van der Waals surface area contributed by atoms with E-state index >= 15 is 0 Å². The smallest absolute Gasteiger partial charge is 0.263 e. The average Bonchev–Trinajstić information content (AvgIpc) is 3.46. The van der Waals surface area contributed by atoms with E-state index in [0.29, 0.717) is 11.1 Å². The standard InChI is InChI=1S/C32H34I2N2O2S2/c1-3-5-7-9-15-35-25-13-11-21(33)17-27(25)39-29(35)19-23-31(37)24(32(23)38)20-30-36(16-10-8-6-4-2)26-14-12-22(34)18-28(26)40-30/h11-14,17-20H,3-10,15-16H2,1-2H3/p+1. The van der Waals surface area contributed by atoms with Gasteiger partial charge in [-0.05, 0) is 94.4 Å². The molecular formula is C32H35I2N2O2S2+. The third-order valence-corrected chi connectivity index (χ3v) is 10.9. The van der Waals surface area contributed by atoms with E-state index in [1.54, 1.807) is 23.1 Å². The summed E-state index contributed by atoms with van der Waals surface area (Å²) in [6.45, 7) is 6.28. The maximum Gasteiger partial charge on any atom is 0.263 e.